The number of fused-ring (bicyclic) bond motifs is 1. The molecule has 2 heteroatoms. The van der Waals surface area contributed by atoms with Crippen LogP contribution in [0, 0.1) is 0 Å². The molecule has 2 nitrogen and oxygen atoms in total. The van der Waals surface area contributed by atoms with Crippen molar-refractivity contribution in [3.8, 4) is 0 Å². The van der Waals surface area contributed by atoms with Crippen molar-refractivity contribution in [1.82, 2.24) is 9.80 Å². The van der Waals surface area contributed by atoms with Crippen molar-refractivity contribution >= 4 is 0 Å². The van der Waals surface area contributed by atoms with Gasteiger partial charge in [0.15, 0.2) is 0 Å². The van der Waals surface area contributed by atoms with Crippen molar-refractivity contribution in [1.29, 1.82) is 0 Å². The second-order valence-corrected chi connectivity index (χ2v) is 5.88. The van der Waals surface area contributed by atoms with Crippen LogP contribution in [0.5, 0.6) is 0 Å². The molecule has 17 heavy (non-hydrogen) atoms. The Labute approximate surface area is 107 Å². The smallest absolute Gasteiger partial charge is 0.0224 e. The van der Waals surface area contributed by atoms with Gasteiger partial charge in [0.1, 0.15) is 0 Å². The summed E-state index contributed by atoms with van der Waals surface area (Å²) in [6, 6.07) is 1.76. The Kier molecular flexibility index (Phi) is 5.30. The number of hydrogen-bond acceptors (Lipinski definition) is 2. The highest BCUT2D eigenvalue weighted by molar-refractivity contribution is 4.89. The predicted molar refractivity (Wildman–Crippen MR) is 74.4 cm³/mol. The summed E-state index contributed by atoms with van der Waals surface area (Å²) < 4.78 is 0. The van der Waals surface area contributed by atoms with E-state index in [1.165, 1.54) is 71.1 Å². The van der Waals surface area contributed by atoms with Gasteiger partial charge in [-0.1, -0.05) is 33.1 Å². The van der Waals surface area contributed by atoms with Gasteiger partial charge in [0.2, 0.25) is 0 Å². The second kappa shape index (κ2) is 6.75. The molecule has 2 rings (SSSR count). The lowest BCUT2D eigenvalue weighted by molar-refractivity contribution is 0.0657. The van der Waals surface area contributed by atoms with Crippen molar-refractivity contribution in [2.75, 3.05) is 26.2 Å². The zero-order valence-corrected chi connectivity index (χ0v) is 11.8. The van der Waals surface area contributed by atoms with Crippen LogP contribution in [-0.2, 0) is 0 Å². The lowest BCUT2D eigenvalue weighted by Crippen LogP contribution is -2.53. The second-order valence-electron chi connectivity index (χ2n) is 5.88. The summed E-state index contributed by atoms with van der Waals surface area (Å²) in [5, 5.41) is 0. The normalized spacial score (nSPS) is 28.2. The van der Waals surface area contributed by atoms with Crippen molar-refractivity contribution in [3.05, 3.63) is 0 Å². The number of unbranched alkanes of at least 4 members (excludes halogenated alkanes) is 2. The molecular formula is C15H30N2. The summed E-state index contributed by atoms with van der Waals surface area (Å²) in [5.74, 6) is 0. The third kappa shape index (κ3) is 3.45. The maximum absolute atomic E-state index is 2.79. The van der Waals surface area contributed by atoms with Gasteiger partial charge >= 0.3 is 0 Å². The van der Waals surface area contributed by atoms with Crippen molar-refractivity contribution in [3.63, 3.8) is 0 Å². The molecule has 0 amide bonds. The SMILES string of the molecule is CCCCCC(CC)N1CCN2CCCC2C1. The molecule has 2 aliphatic heterocycles. The van der Waals surface area contributed by atoms with Gasteiger partial charge in [-0.25, -0.2) is 0 Å². The van der Waals surface area contributed by atoms with Crippen molar-refractivity contribution in [2.24, 2.45) is 0 Å². The van der Waals surface area contributed by atoms with Gasteiger partial charge in [-0.2, -0.15) is 0 Å². The molecular weight excluding hydrogens is 208 g/mol. The molecule has 100 valence electrons. The van der Waals surface area contributed by atoms with Gasteiger partial charge in [0, 0.05) is 31.7 Å². The standard InChI is InChI=1S/C15H30N2/c1-3-5-6-8-14(4-2)17-12-11-16-10-7-9-15(16)13-17/h14-15H,3-13H2,1-2H3. The molecule has 2 heterocycles. The van der Waals surface area contributed by atoms with E-state index in [-0.39, 0.29) is 0 Å². The van der Waals surface area contributed by atoms with Crippen LogP contribution in [0.25, 0.3) is 0 Å². The number of nitrogens with zero attached hydrogens (tertiary/aromatic N) is 2. The summed E-state index contributed by atoms with van der Waals surface area (Å²) in [5.41, 5.74) is 0. The fourth-order valence-electron chi connectivity index (χ4n) is 3.62. The van der Waals surface area contributed by atoms with Crippen molar-refractivity contribution in [2.45, 2.75) is 70.9 Å². The summed E-state index contributed by atoms with van der Waals surface area (Å²) in [6.45, 7) is 10.0. The average Bonchev–Trinajstić information content (AvgIpc) is 2.82. The van der Waals surface area contributed by atoms with Crippen molar-refractivity contribution < 1.29 is 0 Å². The van der Waals surface area contributed by atoms with E-state index in [1.54, 1.807) is 0 Å². The van der Waals surface area contributed by atoms with E-state index in [2.05, 4.69) is 23.6 Å². The first-order valence-electron chi connectivity index (χ1n) is 7.83. The molecule has 0 bridgehead atoms. The molecule has 2 atom stereocenters. The maximum Gasteiger partial charge on any atom is 0.0224 e. The molecule has 2 unspecified atom stereocenters. The third-order valence-corrected chi connectivity index (χ3v) is 4.75. The highest BCUT2D eigenvalue weighted by atomic mass is 15.3. The lowest BCUT2D eigenvalue weighted by atomic mass is 10.0. The van der Waals surface area contributed by atoms with Gasteiger partial charge in [0.05, 0.1) is 0 Å². The largest absolute Gasteiger partial charge is 0.298 e. The summed E-state index contributed by atoms with van der Waals surface area (Å²) >= 11 is 0. The van der Waals surface area contributed by atoms with E-state index in [0.717, 1.165) is 12.1 Å². The fraction of sp³-hybridized carbons (Fsp3) is 1.00. The first-order chi connectivity index (χ1) is 8.35. The Bertz CT molecular complexity index is 217. The maximum atomic E-state index is 2.79. The highest BCUT2D eigenvalue weighted by Crippen LogP contribution is 2.24. The van der Waals surface area contributed by atoms with Gasteiger partial charge in [-0.15, -0.1) is 0 Å². The average molecular weight is 238 g/mol. The fourth-order valence-corrected chi connectivity index (χ4v) is 3.62. The molecule has 0 N–H and O–H groups in total. The molecule has 0 spiro atoms. The molecule has 2 fully saturated rings. The summed E-state index contributed by atoms with van der Waals surface area (Å²) in [4.78, 5) is 5.51. The first kappa shape index (κ1) is 13.4. The molecule has 0 aromatic rings. The Balaban J connectivity index is 1.78. The number of piperazine rings is 1. The molecule has 0 radical (unpaired) electrons. The van der Waals surface area contributed by atoms with Crippen LogP contribution in [0.3, 0.4) is 0 Å². The van der Waals surface area contributed by atoms with Crippen LogP contribution >= 0.6 is 0 Å². The number of rotatable bonds is 6. The van der Waals surface area contributed by atoms with Crippen LogP contribution < -0.4 is 0 Å². The lowest BCUT2D eigenvalue weighted by Gasteiger charge is -2.41. The number of hydrogen-bond donors (Lipinski definition) is 0. The quantitative estimate of drug-likeness (QED) is 0.656. The minimum atomic E-state index is 0.865. The van der Waals surface area contributed by atoms with E-state index in [9.17, 15) is 0 Å². The third-order valence-electron chi connectivity index (χ3n) is 4.75. The zero-order valence-electron chi connectivity index (χ0n) is 11.8. The van der Waals surface area contributed by atoms with Gasteiger partial charge in [-0.05, 0) is 32.2 Å². The molecule has 2 saturated heterocycles. The van der Waals surface area contributed by atoms with E-state index in [1.807, 2.05) is 0 Å². The monoisotopic (exact) mass is 238 g/mol. The van der Waals surface area contributed by atoms with E-state index < -0.39 is 0 Å². The minimum Gasteiger partial charge on any atom is -0.298 e. The van der Waals surface area contributed by atoms with Gasteiger partial charge in [-0.3, -0.25) is 9.80 Å². The van der Waals surface area contributed by atoms with E-state index in [0.29, 0.717) is 0 Å². The van der Waals surface area contributed by atoms with E-state index >= 15 is 0 Å². The van der Waals surface area contributed by atoms with Crippen LogP contribution in [0.2, 0.25) is 0 Å². The van der Waals surface area contributed by atoms with E-state index in [4.69, 9.17) is 0 Å². The van der Waals surface area contributed by atoms with Crippen LogP contribution in [0.15, 0.2) is 0 Å². The molecule has 0 saturated carbocycles. The van der Waals surface area contributed by atoms with Crippen LogP contribution in [-0.4, -0.2) is 48.1 Å². The minimum absolute atomic E-state index is 0.865. The molecule has 0 aromatic heterocycles. The summed E-state index contributed by atoms with van der Waals surface area (Å²) in [6.07, 6.45) is 9.85. The Morgan fingerprint density at radius 2 is 2.00 bits per heavy atom. The topological polar surface area (TPSA) is 6.48 Å². The zero-order chi connectivity index (χ0) is 12.1. The van der Waals surface area contributed by atoms with Gasteiger partial charge in [0.25, 0.3) is 0 Å². The first-order valence-corrected chi connectivity index (χ1v) is 7.83. The van der Waals surface area contributed by atoms with Gasteiger partial charge < -0.3 is 0 Å². The summed E-state index contributed by atoms with van der Waals surface area (Å²) in [7, 11) is 0. The van der Waals surface area contributed by atoms with Crippen LogP contribution in [0.1, 0.15) is 58.8 Å². The highest BCUT2D eigenvalue weighted by Gasteiger charge is 2.32. The van der Waals surface area contributed by atoms with Crippen LogP contribution in [0.4, 0.5) is 0 Å². The Morgan fingerprint density at radius 1 is 1.12 bits per heavy atom. The Hall–Kier alpha value is -0.0800. The molecule has 0 aromatic carbocycles. The predicted octanol–water partition coefficient (Wildman–Crippen LogP) is 3.13. The Morgan fingerprint density at radius 3 is 2.76 bits per heavy atom. The molecule has 2 aliphatic rings. The molecule has 0 aliphatic carbocycles.